The van der Waals surface area contributed by atoms with Crippen molar-refractivity contribution >= 4 is 14.5 Å². The molecule has 0 bridgehead atoms. The smallest absolute Gasteiger partial charge is 0.354 e. The first-order chi connectivity index (χ1) is 11.0. The minimum atomic E-state index is -1.72. The fourth-order valence-electron chi connectivity index (χ4n) is 2.04. The molecule has 0 spiro atoms. The third-order valence-corrected chi connectivity index (χ3v) is 4.00. The molecular weight excluding hydrogens is 327 g/mol. The summed E-state index contributed by atoms with van der Waals surface area (Å²) >= 11 is 0. The van der Waals surface area contributed by atoms with Gasteiger partial charge in [-0.1, -0.05) is 0 Å². The molecule has 5 N–H and O–H groups in total. The Kier molecular flexibility index (Phi) is 6.35. The van der Waals surface area contributed by atoms with E-state index >= 15 is 0 Å². The molecule has 126 valence electrons. The summed E-state index contributed by atoms with van der Waals surface area (Å²) in [5.74, 6) is -0.132. The van der Waals surface area contributed by atoms with Gasteiger partial charge in [-0.2, -0.15) is 10.2 Å². The van der Waals surface area contributed by atoms with Gasteiger partial charge in [0.1, 0.15) is 18.7 Å². The first kappa shape index (κ1) is 17.7. The van der Waals surface area contributed by atoms with Crippen LogP contribution in [0, 0.1) is 11.3 Å². The van der Waals surface area contributed by atoms with Gasteiger partial charge in [-0.05, 0) is 0 Å². The van der Waals surface area contributed by atoms with Gasteiger partial charge in [0.15, 0.2) is 0 Å². The second kappa shape index (κ2) is 8.26. The summed E-state index contributed by atoms with van der Waals surface area (Å²) in [5, 5.41) is 17.8. The van der Waals surface area contributed by atoms with Crippen molar-refractivity contribution in [2.24, 2.45) is 5.50 Å². The molecule has 1 saturated heterocycles. The summed E-state index contributed by atoms with van der Waals surface area (Å²) in [6, 6.07) is 1.92. The predicted molar refractivity (Wildman–Crippen MR) is 78.5 cm³/mol. The van der Waals surface area contributed by atoms with E-state index in [9.17, 15) is 9.90 Å². The summed E-state index contributed by atoms with van der Waals surface area (Å²) in [6.45, 7) is -0.155. The molecule has 11 nitrogen and oxygen atoms in total. The molecule has 2 rings (SSSR count). The lowest BCUT2D eigenvalue weighted by Gasteiger charge is -2.19. The molecule has 1 fully saturated rings. The highest BCUT2D eigenvalue weighted by molar-refractivity contribution is 7.44. The Morgan fingerprint density at radius 1 is 1.65 bits per heavy atom. The number of nitriles is 1. The van der Waals surface area contributed by atoms with E-state index in [1.54, 1.807) is 0 Å². The Morgan fingerprint density at radius 2 is 2.43 bits per heavy atom. The van der Waals surface area contributed by atoms with Crippen molar-refractivity contribution in [2.45, 2.75) is 31.3 Å². The number of anilines is 1. The van der Waals surface area contributed by atoms with E-state index in [1.807, 2.05) is 6.07 Å². The molecule has 0 aromatic carbocycles. The van der Waals surface area contributed by atoms with Gasteiger partial charge in [-0.25, -0.2) is 9.78 Å². The zero-order valence-corrected chi connectivity index (χ0v) is 13.0. The van der Waals surface area contributed by atoms with Crippen LogP contribution in [0.2, 0.25) is 0 Å². The summed E-state index contributed by atoms with van der Waals surface area (Å²) in [4.78, 5) is 19.1. The van der Waals surface area contributed by atoms with Crippen LogP contribution >= 0.6 is 8.53 Å². The van der Waals surface area contributed by atoms with Crippen molar-refractivity contribution in [1.82, 2.24) is 14.5 Å². The van der Waals surface area contributed by atoms with E-state index in [4.69, 9.17) is 30.3 Å². The van der Waals surface area contributed by atoms with E-state index in [0.717, 1.165) is 4.57 Å². The topological polar surface area (TPSA) is 172 Å². The number of aliphatic hydroxyl groups is 1. The van der Waals surface area contributed by atoms with Crippen LogP contribution < -0.4 is 16.9 Å². The number of ether oxygens (including phenoxy) is 1. The molecule has 12 heteroatoms. The van der Waals surface area contributed by atoms with Crippen LogP contribution in [0.5, 0.6) is 0 Å². The number of hydrogen-bond donors (Lipinski definition) is 3. The highest BCUT2D eigenvalue weighted by atomic mass is 31.2. The van der Waals surface area contributed by atoms with E-state index in [-0.39, 0.29) is 32.0 Å². The molecule has 23 heavy (non-hydrogen) atoms. The molecule has 1 aromatic rings. The van der Waals surface area contributed by atoms with Gasteiger partial charge in [0.05, 0.1) is 31.8 Å². The number of nitrogens with two attached hydrogens (primary N) is 2. The minimum absolute atomic E-state index is 0.132. The van der Waals surface area contributed by atoms with E-state index in [0.29, 0.717) is 0 Å². The van der Waals surface area contributed by atoms with Crippen LogP contribution in [-0.2, 0) is 13.8 Å². The normalized spacial score (nSPS) is 25.2. The molecule has 2 unspecified atom stereocenters. The van der Waals surface area contributed by atoms with Crippen molar-refractivity contribution in [3.05, 3.63) is 16.8 Å². The molecule has 2 heterocycles. The summed E-state index contributed by atoms with van der Waals surface area (Å²) in [5.41, 5.74) is 10.4. The van der Waals surface area contributed by atoms with Crippen molar-refractivity contribution in [3.63, 3.8) is 0 Å². The molecule has 1 aromatic heterocycles. The molecule has 1 aliphatic rings. The second-order valence-corrected chi connectivity index (χ2v) is 5.66. The zero-order valence-electron chi connectivity index (χ0n) is 12.1. The van der Waals surface area contributed by atoms with E-state index in [2.05, 4.69) is 9.97 Å². The number of aromatic nitrogens is 3. The first-order valence-electron chi connectivity index (χ1n) is 6.73. The Morgan fingerprint density at radius 3 is 3.09 bits per heavy atom. The van der Waals surface area contributed by atoms with Crippen molar-refractivity contribution in [2.75, 3.05) is 18.9 Å². The van der Waals surface area contributed by atoms with Crippen LogP contribution in [-0.4, -0.2) is 45.1 Å². The van der Waals surface area contributed by atoms with Crippen molar-refractivity contribution in [3.8, 4) is 6.07 Å². The van der Waals surface area contributed by atoms with Crippen LogP contribution in [0.25, 0.3) is 0 Å². The molecule has 1 aliphatic heterocycles. The molecule has 0 amide bonds. The van der Waals surface area contributed by atoms with Gasteiger partial charge in [-0.15, -0.1) is 0 Å². The van der Waals surface area contributed by atoms with Gasteiger partial charge in [0.25, 0.3) is 8.53 Å². The number of nitrogen functional groups attached to an aromatic ring is 1. The second-order valence-electron chi connectivity index (χ2n) is 4.62. The van der Waals surface area contributed by atoms with Gasteiger partial charge in [-0.3, -0.25) is 10.1 Å². The lowest BCUT2D eigenvalue weighted by Crippen LogP contribution is -2.29. The van der Waals surface area contributed by atoms with Crippen molar-refractivity contribution in [1.29, 1.82) is 5.26 Å². The zero-order chi connectivity index (χ0) is 16.8. The van der Waals surface area contributed by atoms with Gasteiger partial charge >= 0.3 is 5.69 Å². The van der Waals surface area contributed by atoms with Crippen molar-refractivity contribution < 1.29 is 18.9 Å². The number of aliphatic hydroxyl groups excluding tert-OH is 1. The highest BCUT2D eigenvalue weighted by Crippen LogP contribution is 2.38. The van der Waals surface area contributed by atoms with Gasteiger partial charge in [0, 0.05) is 6.42 Å². The van der Waals surface area contributed by atoms with E-state index in [1.165, 1.54) is 6.33 Å². The minimum Gasteiger partial charge on any atom is -0.394 e. The van der Waals surface area contributed by atoms with Crippen LogP contribution in [0.3, 0.4) is 0 Å². The molecule has 4 atom stereocenters. The first-order valence-corrected chi connectivity index (χ1v) is 7.98. The Hall–Kier alpha value is -1.67. The Bertz CT molecular complexity index is 622. The van der Waals surface area contributed by atoms with Crippen LogP contribution in [0.1, 0.15) is 19.1 Å². The van der Waals surface area contributed by atoms with E-state index < -0.39 is 32.7 Å². The van der Waals surface area contributed by atoms with Gasteiger partial charge in [0.2, 0.25) is 5.95 Å². The summed E-state index contributed by atoms with van der Waals surface area (Å²) in [6.07, 6.45) is -0.250. The largest absolute Gasteiger partial charge is 0.394 e. The molecule has 0 aliphatic carbocycles. The lowest BCUT2D eigenvalue weighted by atomic mass is 10.2. The summed E-state index contributed by atoms with van der Waals surface area (Å²) in [7, 11) is -1.72. The quantitative estimate of drug-likeness (QED) is 0.411. The highest BCUT2D eigenvalue weighted by Gasteiger charge is 2.38. The molecule has 0 radical (unpaired) electrons. The number of rotatable bonds is 7. The third kappa shape index (κ3) is 4.65. The standard InChI is InChI=1S/C11H17N6O5P/c12-2-1-3-20-23(14)22-7-4-9(21-8(7)5-18)17-6-15-10(13)16-11(17)19/h6-9,18H,1,3-5,14H2,(H2,13,16,19)/t7?,8-,9-,23?/m1/s1. The fraction of sp³-hybridized carbons (Fsp3) is 0.636. The maximum absolute atomic E-state index is 11.8. The average Bonchev–Trinajstić information content (AvgIpc) is 2.90. The Balaban J connectivity index is 2.00. The lowest BCUT2D eigenvalue weighted by molar-refractivity contribution is -0.0427. The van der Waals surface area contributed by atoms with Gasteiger partial charge < -0.3 is 24.6 Å². The third-order valence-electron chi connectivity index (χ3n) is 3.09. The van der Waals surface area contributed by atoms with Crippen LogP contribution in [0.15, 0.2) is 11.1 Å². The molecule has 0 saturated carbocycles. The predicted octanol–water partition coefficient (Wildman–Crippen LogP) is -0.999. The maximum atomic E-state index is 11.8. The maximum Gasteiger partial charge on any atom is 0.354 e. The Labute approximate surface area is 132 Å². The fourth-order valence-corrected chi connectivity index (χ4v) is 2.86. The molecular formula is C11H17N6O5P. The monoisotopic (exact) mass is 344 g/mol. The summed E-state index contributed by atoms with van der Waals surface area (Å²) < 4.78 is 17.4. The number of hydrogen-bond acceptors (Lipinski definition) is 10. The number of nitrogens with zero attached hydrogens (tertiary/aromatic N) is 4. The SMILES string of the molecule is N#CCCOP(N)OC1C[C@H](n2cnc(N)nc2=O)O[C@@H]1CO. The average molecular weight is 344 g/mol. The van der Waals surface area contributed by atoms with Crippen LogP contribution in [0.4, 0.5) is 5.95 Å².